The molecule has 1 aliphatic heterocycles. The second-order valence-corrected chi connectivity index (χ2v) is 6.94. The smallest absolute Gasteiger partial charge is 0.329 e. The Hall–Kier alpha value is -3.87. The largest absolute Gasteiger partial charge is 0.493 e. The van der Waals surface area contributed by atoms with E-state index in [1.807, 2.05) is 50.2 Å². The number of para-hydroxylation sites is 1. The van der Waals surface area contributed by atoms with Gasteiger partial charge in [-0.1, -0.05) is 35.9 Å². The molecule has 0 saturated heterocycles. The third-order valence-electron chi connectivity index (χ3n) is 4.78. The van der Waals surface area contributed by atoms with Gasteiger partial charge >= 0.3 is 5.69 Å². The Bertz CT molecular complexity index is 1210. The highest BCUT2D eigenvalue weighted by Crippen LogP contribution is 2.36. The normalized spacial score (nSPS) is 14.0. The Morgan fingerprint density at radius 1 is 1.17 bits per heavy atom. The van der Waals surface area contributed by atoms with Crippen LogP contribution in [0.5, 0.6) is 5.88 Å². The number of hydrogen-bond acceptors (Lipinski definition) is 4. The van der Waals surface area contributed by atoms with Gasteiger partial charge in [0, 0.05) is 22.5 Å². The monoisotopic (exact) mass is 388 g/mol. The van der Waals surface area contributed by atoms with Crippen LogP contribution in [0.15, 0.2) is 58.3 Å². The van der Waals surface area contributed by atoms with Crippen molar-refractivity contribution in [2.45, 2.75) is 20.4 Å². The second kappa shape index (κ2) is 7.27. The quantitative estimate of drug-likeness (QED) is 0.638. The van der Waals surface area contributed by atoms with Crippen LogP contribution in [0.1, 0.15) is 23.7 Å². The van der Waals surface area contributed by atoms with Crippen LogP contribution in [0.3, 0.4) is 0 Å². The third-order valence-corrected chi connectivity index (χ3v) is 4.78. The molecule has 3 aromatic rings. The first kappa shape index (κ1) is 18.5. The highest BCUT2D eigenvalue weighted by Gasteiger charge is 2.20. The molecule has 0 spiro atoms. The van der Waals surface area contributed by atoms with Crippen LogP contribution >= 0.6 is 0 Å². The molecule has 0 atom stereocenters. The number of carbonyl (C=O) groups is 1. The summed E-state index contributed by atoms with van der Waals surface area (Å²) in [6.45, 7) is 3.52. The summed E-state index contributed by atoms with van der Waals surface area (Å²) >= 11 is 0. The van der Waals surface area contributed by atoms with E-state index >= 15 is 0 Å². The third kappa shape index (κ3) is 3.62. The lowest BCUT2D eigenvalue weighted by atomic mass is 10.0. The number of benzene rings is 2. The number of nitrogens with one attached hydrogen (secondary N) is 2. The van der Waals surface area contributed by atoms with E-state index < -0.39 is 11.6 Å². The van der Waals surface area contributed by atoms with Crippen LogP contribution in [0.4, 0.5) is 11.4 Å². The standard InChI is InChI=1S/C22H20N4O3/c1-13-7-9-15(10-8-13)24-20(27)12-26-21(28)19(25-22(26)29)11-17-14(2)23-18-6-4-3-5-16(17)18/h3-11,28H,12H2,1-2H3,(H,24,27)(H,25,29)/b17-11+. The molecule has 0 fully saturated rings. The Balaban J connectivity index is 1.59. The number of allylic oxidation sites excluding steroid dienone is 1. The minimum absolute atomic E-state index is 0.236. The lowest BCUT2D eigenvalue weighted by molar-refractivity contribution is -0.116. The molecule has 3 N–H and O–H groups in total. The number of rotatable bonds is 4. The molecule has 2 heterocycles. The van der Waals surface area contributed by atoms with Gasteiger partial charge in [0.1, 0.15) is 12.2 Å². The minimum Gasteiger partial charge on any atom is -0.493 e. The van der Waals surface area contributed by atoms with Crippen molar-refractivity contribution in [3.8, 4) is 5.88 Å². The highest BCUT2D eigenvalue weighted by molar-refractivity contribution is 6.31. The summed E-state index contributed by atoms with van der Waals surface area (Å²) in [5, 5.41) is 13.2. The Kier molecular flexibility index (Phi) is 4.64. The van der Waals surface area contributed by atoms with E-state index in [0.29, 0.717) is 5.69 Å². The SMILES string of the molecule is CC1=Nc2ccccc2/C1=C/c1[nH]c(=O)n(CC(=O)Nc2ccc(C)cc2)c1O. The van der Waals surface area contributed by atoms with E-state index in [4.69, 9.17) is 0 Å². The summed E-state index contributed by atoms with van der Waals surface area (Å²) in [6.07, 6.45) is 1.68. The van der Waals surface area contributed by atoms with Gasteiger partial charge in [-0.2, -0.15) is 0 Å². The maximum absolute atomic E-state index is 12.3. The second-order valence-electron chi connectivity index (χ2n) is 6.94. The fourth-order valence-corrected chi connectivity index (χ4v) is 3.27. The molecule has 1 amide bonds. The van der Waals surface area contributed by atoms with Crippen molar-refractivity contribution in [3.63, 3.8) is 0 Å². The molecular formula is C22H20N4O3. The van der Waals surface area contributed by atoms with Gasteiger partial charge in [-0.15, -0.1) is 0 Å². The van der Waals surface area contributed by atoms with Gasteiger partial charge in [0.25, 0.3) is 0 Å². The molecule has 4 rings (SSSR count). The number of hydrogen-bond donors (Lipinski definition) is 3. The minimum atomic E-state index is -0.561. The molecule has 0 unspecified atom stereocenters. The Morgan fingerprint density at radius 2 is 1.90 bits per heavy atom. The van der Waals surface area contributed by atoms with Crippen molar-refractivity contribution in [2.75, 3.05) is 5.32 Å². The molecule has 29 heavy (non-hydrogen) atoms. The summed E-state index contributed by atoms with van der Waals surface area (Å²) < 4.78 is 1.00. The number of amides is 1. The number of aromatic hydroxyl groups is 1. The van der Waals surface area contributed by atoms with Gasteiger partial charge in [-0.3, -0.25) is 14.4 Å². The summed E-state index contributed by atoms with van der Waals surface area (Å²) in [5.74, 6) is -0.702. The predicted molar refractivity (Wildman–Crippen MR) is 114 cm³/mol. The van der Waals surface area contributed by atoms with Gasteiger partial charge < -0.3 is 15.4 Å². The van der Waals surface area contributed by atoms with Crippen molar-refractivity contribution < 1.29 is 9.90 Å². The Labute approximate surface area is 167 Å². The summed E-state index contributed by atoms with van der Waals surface area (Å²) in [4.78, 5) is 31.7. The highest BCUT2D eigenvalue weighted by atomic mass is 16.3. The van der Waals surface area contributed by atoms with E-state index in [1.54, 1.807) is 18.2 Å². The zero-order chi connectivity index (χ0) is 20.5. The lowest BCUT2D eigenvalue weighted by Crippen LogP contribution is -2.25. The van der Waals surface area contributed by atoms with Gasteiger partial charge in [0.2, 0.25) is 11.8 Å². The first-order valence-corrected chi connectivity index (χ1v) is 9.17. The molecule has 1 aromatic heterocycles. The van der Waals surface area contributed by atoms with E-state index in [1.165, 1.54) is 0 Å². The van der Waals surface area contributed by atoms with E-state index in [2.05, 4.69) is 15.3 Å². The average Bonchev–Trinajstić information content (AvgIpc) is 3.15. The van der Waals surface area contributed by atoms with Crippen molar-refractivity contribution in [2.24, 2.45) is 4.99 Å². The van der Waals surface area contributed by atoms with Crippen LogP contribution in [0.2, 0.25) is 0 Å². The molecule has 7 heteroatoms. The molecule has 1 aliphatic rings. The fourth-order valence-electron chi connectivity index (χ4n) is 3.27. The number of imidazole rings is 1. The maximum atomic E-state index is 12.3. The van der Waals surface area contributed by atoms with Crippen molar-refractivity contribution in [1.29, 1.82) is 0 Å². The lowest BCUT2D eigenvalue weighted by Gasteiger charge is -2.06. The van der Waals surface area contributed by atoms with Crippen molar-refractivity contribution in [1.82, 2.24) is 9.55 Å². The molecular weight excluding hydrogens is 368 g/mol. The molecule has 7 nitrogen and oxygen atoms in total. The van der Waals surface area contributed by atoms with E-state index in [0.717, 1.165) is 32.7 Å². The number of aryl methyl sites for hydroxylation is 1. The van der Waals surface area contributed by atoms with Crippen molar-refractivity contribution in [3.05, 3.63) is 75.8 Å². The topological polar surface area (TPSA) is 99.5 Å². The molecule has 146 valence electrons. The zero-order valence-corrected chi connectivity index (χ0v) is 16.1. The Morgan fingerprint density at radius 3 is 2.66 bits per heavy atom. The van der Waals surface area contributed by atoms with Crippen LogP contribution in [0, 0.1) is 6.92 Å². The molecule has 0 bridgehead atoms. The molecule has 2 aromatic carbocycles. The van der Waals surface area contributed by atoms with Crippen LogP contribution < -0.4 is 11.0 Å². The van der Waals surface area contributed by atoms with E-state index in [9.17, 15) is 14.7 Å². The van der Waals surface area contributed by atoms with Gasteiger partial charge in [0.05, 0.1) is 5.69 Å². The number of H-pyrrole nitrogens is 1. The maximum Gasteiger partial charge on any atom is 0.329 e. The van der Waals surface area contributed by atoms with Gasteiger partial charge in [0.15, 0.2) is 0 Å². The molecule has 0 aliphatic carbocycles. The number of aromatic nitrogens is 2. The summed E-state index contributed by atoms with van der Waals surface area (Å²) in [5.41, 5.74) is 4.75. The van der Waals surface area contributed by atoms with Crippen molar-refractivity contribution >= 4 is 34.6 Å². The van der Waals surface area contributed by atoms with Gasteiger partial charge in [-0.25, -0.2) is 4.79 Å². The summed E-state index contributed by atoms with van der Waals surface area (Å²) in [7, 11) is 0. The number of anilines is 1. The first-order chi connectivity index (χ1) is 13.9. The van der Waals surface area contributed by atoms with Crippen LogP contribution in [0.25, 0.3) is 11.6 Å². The first-order valence-electron chi connectivity index (χ1n) is 9.17. The number of aliphatic imine (C=N–C) groups is 1. The predicted octanol–water partition coefficient (Wildman–Crippen LogP) is 3.48. The van der Waals surface area contributed by atoms with Gasteiger partial charge in [-0.05, 0) is 38.1 Å². The number of aromatic amines is 1. The average molecular weight is 388 g/mol. The van der Waals surface area contributed by atoms with Crippen LogP contribution in [-0.4, -0.2) is 26.3 Å². The van der Waals surface area contributed by atoms with E-state index in [-0.39, 0.29) is 18.1 Å². The number of carbonyl (C=O) groups excluding carboxylic acids is 1. The summed E-state index contributed by atoms with van der Waals surface area (Å²) in [6, 6.07) is 15.0. The zero-order valence-electron chi connectivity index (χ0n) is 16.1. The molecule has 0 radical (unpaired) electrons. The number of fused-ring (bicyclic) bond motifs is 1. The number of nitrogens with zero attached hydrogens (tertiary/aromatic N) is 2. The fraction of sp³-hybridized carbons (Fsp3) is 0.136. The molecule has 0 saturated carbocycles. The van der Waals surface area contributed by atoms with Crippen LogP contribution in [-0.2, 0) is 11.3 Å².